The topological polar surface area (TPSA) is 53.4 Å². The van der Waals surface area contributed by atoms with Gasteiger partial charge in [-0.3, -0.25) is 4.79 Å². The Morgan fingerprint density at radius 1 is 0.909 bits per heavy atom. The van der Waals surface area contributed by atoms with Crippen LogP contribution in [0.3, 0.4) is 0 Å². The summed E-state index contributed by atoms with van der Waals surface area (Å²) in [5.41, 5.74) is 3.87. The molecule has 1 heterocycles. The molecule has 0 unspecified atom stereocenters. The Morgan fingerprint density at radius 3 is 2.15 bits per heavy atom. The van der Waals surface area contributed by atoms with Crippen LogP contribution in [0, 0.1) is 6.92 Å². The summed E-state index contributed by atoms with van der Waals surface area (Å²) < 4.78 is 50.2. The van der Waals surface area contributed by atoms with Crippen molar-refractivity contribution in [3.8, 4) is 17.1 Å². The summed E-state index contributed by atoms with van der Waals surface area (Å²) in [4.78, 5) is 14.6. The van der Waals surface area contributed by atoms with Crippen LogP contribution in [0.2, 0.25) is 0 Å². The third-order valence-electron chi connectivity index (χ3n) is 4.37. The highest BCUT2D eigenvalue weighted by atomic mass is 19.5. The summed E-state index contributed by atoms with van der Waals surface area (Å²) in [6.45, 7) is 3.45. The van der Waals surface area contributed by atoms with E-state index in [4.69, 9.17) is 9.15 Å². The van der Waals surface area contributed by atoms with E-state index in [-0.39, 0.29) is 5.97 Å². The molecule has 3 aromatic carbocycles. The first-order chi connectivity index (χ1) is 15.6. The van der Waals surface area contributed by atoms with Crippen molar-refractivity contribution >= 4 is 29.9 Å². The van der Waals surface area contributed by atoms with Gasteiger partial charge in [-0.1, -0.05) is 42.0 Å². The molecule has 0 atom stereocenters. The molecule has 170 valence electrons. The number of hydrogen-bond acceptors (Lipinski definition) is 3. The lowest BCUT2D eigenvalue weighted by Crippen LogP contribution is -2.70. The van der Waals surface area contributed by atoms with Crippen molar-refractivity contribution in [1.82, 2.24) is 0 Å². The van der Waals surface area contributed by atoms with Crippen LogP contribution in [0.25, 0.3) is 22.3 Å². The second-order valence-corrected chi connectivity index (χ2v) is 7.13. The highest BCUT2D eigenvalue weighted by molar-refractivity contribution is 6.50. The third-order valence-corrected chi connectivity index (χ3v) is 4.37. The molecule has 0 saturated carbocycles. The molecule has 0 aliphatic carbocycles. The second-order valence-electron chi connectivity index (χ2n) is 7.13. The van der Waals surface area contributed by atoms with Crippen LogP contribution in [0.5, 0.6) is 5.75 Å². The minimum atomic E-state index is -6.00. The van der Waals surface area contributed by atoms with E-state index < -0.39 is 7.25 Å². The van der Waals surface area contributed by atoms with Gasteiger partial charge in [-0.15, -0.1) is 0 Å². The van der Waals surface area contributed by atoms with Crippen LogP contribution in [-0.4, -0.2) is 13.2 Å². The normalized spacial score (nSPS) is 11.6. The zero-order chi connectivity index (χ0) is 24.0. The fourth-order valence-corrected chi connectivity index (χ4v) is 3.08. The molecule has 4 aromatic rings. The first-order valence-electron chi connectivity index (χ1n) is 9.94. The molecule has 1 N–H and O–H groups in total. The summed E-state index contributed by atoms with van der Waals surface area (Å²) in [7, 11) is -6.00. The molecule has 4 nitrogen and oxygen atoms in total. The summed E-state index contributed by atoms with van der Waals surface area (Å²) >= 11 is 0. The van der Waals surface area contributed by atoms with Crippen LogP contribution < -0.4 is 15.1 Å². The summed E-state index contributed by atoms with van der Waals surface area (Å²) in [5, 5.41) is 1.95. The number of halogens is 4. The lowest BCUT2D eigenvalue weighted by atomic mass is 10.1. The van der Waals surface area contributed by atoms with Gasteiger partial charge in [-0.25, -0.2) is 4.99 Å². The first-order valence-corrected chi connectivity index (χ1v) is 9.94. The molecule has 1 aromatic heterocycles. The maximum Gasteiger partial charge on any atom is 0.673 e. The standard InChI is InChI=1S/C24H19NO3.BF4/c1-16-8-13-23-21(14-16)22(15-24(28-23)18-6-4-3-5-7-18)25-19-9-11-20(12-10-19)27-17(2)26;2-1(3,4)5/h3-15H,1-2H3;/q;-1/p+1. The van der Waals surface area contributed by atoms with Gasteiger partial charge in [0.1, 0.15) is 17.1 Å². The SMILES string of the molecule is CC(=O)Oc1ccc([NH+]=c2cc(-c3ccccc3)oc3ccc(C)cc23)cc1.F[B-](F)(F)F. The number of hydrogen-bond donors (Lipinski definition) is 1. The Hall–Kier alpha value is -3.88. The van der Waals surface area contributed by atoms with Crippen molar-refractivity contribution in [1.29, 1.82) is 0 Å². The smallest absolute Gasteiger partial charge is 0.456 e. The van der Waals surface area contributed by atoms with Crippen molar-refractivity contribution in [2.24, 2.45) is 0 Å². The van der Waals surface area contributed by atoms with E-state index in [2.05, 4.69) is 18.0 Å². The average molecular weight is 457 g/mol. The van der Waals surface area contributed by atoms with Crippen molar-refractivity contribution in [2.45, 2.75) is 13.8 Å². The first kappa shape index (κ1) is 23.8. The molecule has 0 aliphatic rings. The predicted molar refractivity (Wildman–Crippen MR) is 118 cm³/mol. The zero-order valence-corrected chi connectivity index (χ0v) is 17.8. The van der Waals surface area contributed by atoms with E-state index in [1.807, 2.05) is 60.7 Å². The van der Waals surface area contributed by atoms with Gasteiger partial charge in [0.25, 0.3) is 0 Å². The van der Waals surface area contributed by atoms with Gasteiger partial charge in [0, 0.05) is 24.6 Å². The van der Waals surface area contributed by atoms with Crippen molar-refractivity contribution < 1.29 is 36.2 Å². The molecule has 0 radical (unpaired) electrons. The number of ether oxygens (including phenoxy) is 1. The molecule has 4 rings (SSSR count). The minimum Gasteiger partial charge on any atom is -0.456 e. The molecule has 0 spiro atoms. The van der Waals surface area contributed by atoms with Crippen LogP contribution in [-0.2, 0) is 4.79 Å². The lowest BCUT2D eigenvalue weighted by Gasteiger charge is -2.04. The van der Waals surface area contributed by atoms with E-state index in [9.17, 15) is 22.1 Å². The number of fused-ring (bicyclic) bond motifs is 1. The lowest BCUT2D eigenvalue weighted by molar-refractivity contribution is -0.400. The van der Waals surface area contributed by atoms with Gasteiger partial charge in [0.15, 0.2) is 0 Å². The number of nitrogens with one attached hydrogen (secondary N) is 1. The quantitative estimate of drug-likeness (QED) is 0.205. The number of carbonyl (C=O) groups excluding carboxylic acids is 1. The van der Waals surface area contributed by atoms with E-state index in [1.165, 1.54) is 6.92 Å². The van der Waals surface area contributed by atoms with Gasteiger partial charge in [-0.05, 0) is 31.2 Å². The van der Waals surface area contributed by atoms with E-state index in [0.717, 1.165) is 38.9 Å². The number of carbonyl (C=O) groups is 1. The van der Waals surface area contributed by atoms with E-state index in [1.54, 1.807) is 12.1 Å². The van der Waals surface area contributed by atoms with Gasteiger partial charge in [-0.2, -0.15) is 0 Å². The molecule has 9 heteroatoms. The monoisotopic (exact) mass is 457 g/mol. The number of aryl methyl sites for hydroxylation is 1. The summed E-state index contributed by atoms with van der Waals surface area (Å²) in [6.07, 6.45) is 0. The van der Waals surface area contributed by atoms with Crippen molar-refractivity contribution in [2.75, 3.05) is 0 Å². The van der Waals surface area contributed by atoms with Crippen molar-refractivity contribution in [3.63, 3.8) is 0 Å². The Balaban J connectivity index is 0.000000555. The molecular weight excluding hydrogens is 437 g/mol. The minimum absolute atomic E-state index is 0.334. The fraction of sp³-hybridized carbons (Fsp3) is 0.0833. The number of esters is 1. The van der Waals surface area contributed by atoms with Gasteiger partial charge < -0.3 is 26.4 Å². The second kappa shape index (κ2) is 10.2. The predicted octanol–water partition coefficient (Wildman–Crippen LogP) is 4.95. The Kier molecular flexibility index (Phi) is 7.32. The molecular formula is C24H20BF4NO3. The molecule has 0 saturated heterocycles. The maximum atomic E-state index is 11.1. The molecule has 0 aliphatic heterocycles. The third kappa shape index (κ3) is 7.34. The fourth-order valence-electron chi connectivity index (χ4n) is 3.08. The molecule has 33 heavy (non-hydrogen) atoms. The highest BCUT2D eigenvalue weighted by Gasteiger charge is 2.20. The summed E-state index contributed by atoms with van der Waals surface area (Å²) in [5.74, 6) is 0.974. The number of benzene rings is 3. The highest BCUT2D eigenvalue weighted by Crippen LogP contribution is 2.22. The Morgan fingerprint density at radius 2 is 1.55 bits per heavy atom. The van der Waals surface area contributed by atoms with Crippen LogP contribution in [0.4, 0.5) is 23.0 Å². The molecule has 0 amide bonds. The van der Waals surface area contributed by atoms with Gasteiger partial charge in [0.2, 0.25) is 11.0 Å². The van der Waals surface area contributed by atoms with E-state index in [0.29, 0.717) is 5.75 Å². The molecule has 0 bridgehead atoms. The van der Waals surface area contributed by atoms with Crippen LogP contribution >= 0.6 is 0 Å². The van der Waals surface area contributed by atoms with E-state index >= 15 is 0 Å². The summed E-state index contributed by atoms with van der Waals surface area (Å²) in [6, 6.07) is 25.5. The largest absolute Gasteiger partial charge is 0.673 e. The van der Waals surface area contributed by atoms with Crippen LogP contribution in [0.1, 0.15) is 12.5 Å². The average Bonchev–Trinajstić information content (AvgIpc) is 2.74. The zero-order valence-electron chi connectivity index (χ0n) is 17.8. The van der Waals surface area contributed by atoms with Gasteiger partial charge >= 0.3 is 13.2 Å². The Labute approximate surface area is 187 Å². The maximum absolute atomic E-state index is 11.1. The van der Waals surface area contributed by atoms with Crippen molar-refractivity contribution in [3.05, 3.63) is 89.8 Å². The van der Waals surface area contributed by atoms with Gasteiger partial charge in [0.05, 0.1) is 11.5 Å². The van der Waals surface area contributed by atoms with Crippen LogP contribution in [0.15, 0.2) is 83.3 Å². The Bertz CT molecular complexity index is 1310. The number of rotatable bonds is 3. The molecule has 0 fully saturated rings.